The van der Waals surface area contributed by atoms with Crippen molar-refractivity contribution in [3.63, 3.8) is 0 Å². The van der Waals surface area contributed by atoms with E-state index in [1.807, 2.05) is 6.92 Å². The Kier molecular flexibility index (Phi) is 3.74. The van der Waals surface area contributed by atoms with Crippen LogP contribution >= 0.6 is 22.9 Å². The molecule has 0 aliphatic carbocycles. The Hall–Kier alpha value is -0.920. The summed E-state index contributed by atoms with van der Waals surface area (Å²) < 4.78 is 4.04. The summed E-state index contributed by atoms with van der Waals surface area (Å²) in [4.78, 5) is 1.01. The lowest BCUT2D eigenvalue weighted by Crippen LogP contribution is -2.12. The van der Waals surface area contributed by atoms with E-state index in [-0.39, 0.29) is 11.5 Å². The molecule has 0 amide bonds. The van der Waals surface area contributed by atoms with Crippen LogP contribution in [0.1, 0.15) is 50.9 Å². The molecule has 1 unspecified atom stereocenters. The molecule has 2 heterocycles. The van der Waals surface area contributed by atoms with E-state index in [9.17, 15) is 0 Å². The van der Waals surface area contributed by atoms with Crippen LogP contribution in [0.5, 0.6) is 0 Å². The van der Waals surface area contributed by atoms with E-state index in [0.29, 0.717) is 0 Å². The SMILES string of the molecule is CCC(N)c1nnc(-c2snnc2C(C)(C)C)s1. The fourth-order valence-corrected chi connectivity index (χ4v) is 3.33. The van der Waals surface area contributed by atoms with Crippen molar-refractivity contribution < 1.29 is 0 Å². The second kappa shape index (κ2) is 4.99. The lowest BCUT2D eigenvalue weighted by atomic mass is 9.91. The van der Waals surface area contributed by atoms with Gasteiger partial charge in [0.1, 0.15) is 9.88 Å². The summed E-state index contributed by atoms with van der Waals surface area (Å²) in [5.74, 6) is 0. The number of aromatic nitrogens is 4. The van der Waals surface area contributed by atoms with Gasteiger partial charge in [-0.25, -0.2) is 0 Å². The van der Waals surface area contributed by atoms with Gasteiger partial charge in [-0.2, -0.15) is 0 Å². The van der Waals surface area contributed by atoms with Crippen LogP contribution in [0, 0.1) is 0 Å². The third kappa shape index (κ3) is 2.57. The van der Waals surface area contributed by atoms with Crippen LogP contribution in [-0.2, 0) is 5.41 Å². The number of hydrogen-bond donors (Lipinski definition) is 1. The van der Waals surface area contributed by atoms with Gasteiger partial charge in [-0.15, -0.1) is 15.3 Å². The third-order valence-corrected chi connectivity index (χ3v) is 4.52. The molecular weight excluding hydrogens is 266 g/mol. The van der Waals surface area contributed by atoms with Crippen molar-refractivity contribution in [3.8, 4) is 9.88 Å². The first-order valence-corrected chi connectivity index (χ1v) is 7.44. The second-order valence-electron chi connectivity index (χ2n) is 5.16. The average Bonchev–Trinajstić information content (AvgIpc) is 2.94. The molecule has 1 atom stereocenters. The Morgan fingerprint density at radius 3 is 2.56 bits per heavy atom. The highest BCUT2D eigenvalue weighted by atomic mass is 32.1. The first kappa shape index (κ1) is 13.5. The molecule has 0 saturated carbocycles. The van der Waals surface area contributed by atoms with Crippen molar-refractivity contribution in [1.82, 2.24) is 19.8 Å². The Balaban J connectivity index is 2.38. The third-order valence-electron chi connectivity index (χ3n) is 2.59. The topological polar surface area (TPSA) is 77.6 Å². The molecule has 0 fully saturated rings. The molecule has 0 aromatic carbocycles. The normalized spacial score (nSPS) is 13.8. The molecule has 98 valence electrons. The highest BCUT2D eigenvalue weighted by Crippen LogP contribution is 2.36. The van der Waals surface area contributed by atoms with E-state index in [0.717, 1.165) is 27.0 Å². The molecule has 7 heteroatoms. The zero-order valence-corrected chi connectivity index (χ0v) is 12.6. The van der Waals surface area contributed by atoms with Crippen molar-refractivity contribution in [1.29, 1.82) is 0 Å². The van der Waals surface area contributed by atoms with Gasteiger partial charge in [0, 0.05) is 5.41 Å². The van der Waals surface area contributed by atoms with Gasteiger partial charge in [-0.1, -0.05) is 43.5 Å². The molecule has 2 rings (SSSR count). The molecule has 0 bridgehead atoms. The van der Waals surface area contributed by atoms with Gasteiger partial charge in [-0.05, 0) is 18.0 Å². The Labute approximate surface area is 115 Å². The van der Waals surface area contributed by atoms with E-state index in [1.165, 1.54) is 22.9 Å². The molecule has 2 aromatic heterocycles. The van der Waals surface area contributed by atoms with Crippen molar-refractivity contribution in [2.75, 3.05) is 0 Å². The zero-order valence-electron chi connectivity index (χ0n) is 11.0. The van der Waals surface area contributed by atoms with Gasteiger partial charge in [0.05, 0.1) is 11.7 Å². The monoisotopic (exact) mass is 283 g/mol. The maximum absolute atomic E-state index is 5.96. The van der Waals surface area contributed by atoms with Gasteiger partial charge in [0.2, 0.25) is 0 Å². The second-order valence-corrected chi connectivity index (χ2v) is 6.92. The molecular formula is C11H17N5S2. The summed E-state index contributed by atoms with van der Waals surface area (Å²) >= 11 is 2.90. The van der Waals surface area contributed by atoms with Crippen LogP contribution in [0.4, 0.5) is 0 Å². The summed E-state index contributed by atoms with van der Waals surface area (Å²) in [6.07, 6.45) is 0.863. The summed E-state index contributed by atoms with van der Waals surface area (Å²) in [6, 6.07) is -0.0322. The summed E-state index contributed by atoms with van der Waals surface area (Å²) in [5.41, 5.74) is 6.90. The minimum absolute atomic E-state index is 0.0322. The van der Waals surface area contributed by atoms with Gasteiger partial charge in [-0.3, -0.25) is 0 Å². The van der Waals surface area contributed by atoms with Crippen LogP contribution in [0.3, 0.4) is 0 Å². The smallest absolute Gasteiger partial charge is 0.161 e. The Morgan fingerprint density at radius 1 is 1.22 bits per heavy atom. The quantitative estimate of drug-likeness (QED) is 0.937. The van der Waals surface area contributed by atoms with Crippen molar-refractivity contribution >= 4 is 22.9 Å². The van der Waals surface area contributed by atoms with Crippen molar-refractivity contribution in [2.24, 2.45) is 5.73 Å². The van der Waals surface area contributed by atoms with Gasteiger partial charge in [0.15, 0.2) is 5.01 Å². The highest BCUT2D eigenvalue weighted by molar-refractivity contribution is 7.19. The molecule has 5 nitrogen and oxygen atoms in total. The molecule has 0 aliphatic heterocycles. The predicted octanol–water partition coefficient (Wildman–Crippen LogP) is 2.76. The molecule has 0 aliphatic rings. The van der Waals surface area contributed by atoms with E-state index in [1.54, 1.807) is 0 Å². The standard InChI is InChI=1S/C11H17N5S2/c1-5-6(12)9-14-15-10(17-9)7-8(11(2,3)4)13-16-18-7/h6H,5,12H2,1-4H3. The zero-order chi connectivity index (χ0) is 13.3. The maximum atomic E-state index is 5.96. The fraction of sp³-hybridized carbons (Fsp3) is 0.636. The molecule has 0 radical (unpaired) electrons. The highest BCUT2D eigenvalue weighted by Gasteiger charge is 2.25. The lowest BCUT2D eigenvalue weighted by Gasteiger charge is -2.15. The fourth-order valence-electron chi connectivity index (χ4n) is 1.47. The van der Waals surface area contributed by atoms with Crippen LogP contribution in [0.2, 0.25) is 0 Å². The molecule has 0 spiro atoms. The number of hydrogen-bond acceptors (Lipinski definition) is 7. The van der Waals surface area contributed by atoms with Crippen molar-refractivity contribution in [3.05, 3.63) is 10.7 Å². The maximum Gasteiger partial charge on any atom is 0.161 e. The largest absolute Gasteiger partial charge is 0.322 e. The van der Waals surface area contributed by atoms with Gasteiger partial charge < -0.3 is 5.73 Å². The minimum Gasteiger partial charge on any atom is -0.322 e. The first-order valence-electron chi connectivity index (χ1n) is 5.85. The summed E-state index contributed by atoms with van der Waals surface area (Å²) in [6.45, 7) is 8.40. The van der Waals surface area contributed by atoms with E-state index in [2.05, 4.69) is 40.6 Å². The van der Waals surface area contributed by atoms with E-state index in [4.69, 9.17) is 5.73 Å². The minimum atomic E-state index is -0.0406. The van der Waals surface area contributed by atoms with E-state index < -0.39 is 0 Å². The van der Waals surface area contributed by atoms with Crippen LogP contribution in [0.15, 0.2) is 0 Å². The van der Waals surface area contributed by atoms with Gasteiger partial charge in [0.25, 0.3) is 0 Å². The predicted molar refractivity (Wildman–Crippen MR) is 74.7 cm³/mol. The number of rotatable bonds is 3. The van der Waals surface area contributed by atoms with E-state index >= 15 is 0 Å². The van der Waals surface area contributed by atoms with Gasteiger partial charge >= 0.3 is 0 Å². The Morgan fingerprint density at radius 2 is 1.94 bits per heavy atom. The first-order chi connectivity index (χ1) is 8.43. The molecule has 2 aromatic rings. The number of nitrogens with two attached hydrogens (primary N) is 1. The van der Waals surface area contributed by atoms with Crippen molar-refractivity contribution in [2.45, 2.75) is 45.6 Å². The lowest BCUT2D eigenvalue weighted by molar-refractivity contribution is 0.568. The Bertz CT molecular complexity index is 526. The number of nitrogens with zero attached hydrogens (tertiary/aromatic N) is 4. The average molecular weight is 283 g/mol. The van der Waals surface area contributed by atoms with Crippen LogP contribution in [0.25, 0.3) is 9.88 Å². The summed E-state index contributed by atoms with van der Waals surface area (Å²) in [7, 11) is 0. The molecule has 0 saturated heterocycles. The van der Waals surface area contributed by atoms with Crippen LogP contribution in [-0.4, -0.2) is 19.8 Å². The molecule has 2 N–H and O–H groups in total. The molecule has 18 heavy (non-hydrogen) atoms. The summed E-state index contributed by atoms with van der Waals surface area (Å²) in [5, 5.41) is 14.3. The van der Waals surface area contributed by atoms with Crippen LogP contribution < -0.4 is 5.73 Å².